The van der Waals surface area contributed by atoms with Crippen LogP contribution in [0.2, 0.25) is 0 Å². The van der Waals surface area contributed by atoms with Crippen LogP contribution in [0, 0.1) is 5.41 Å². The third-order valence-corrected chi connectivity index (χ3v) is 1.88. The number of alkyl halides is 3. The van der Waals surface area contributed by atoms with Crippen molar-refractivity contribution in [1.82, 2.24) is 9.55 Å². The Labute approximate surface area is 90.4 Å². The van der Waals surface area contributed by atoms with E-state index in [-0.39, 0.29) is 5.84 Å². The summed E-state index contributed by atoms with van der Waals surface area (Å²) < 4.78 is 37.9. The number of hydrogen-bond donors (Lipinski definition) is 1. The van der Waals surface area contributed by atoms with Crippen molar-refractivity contribution >= 4 is 5.84 Å². The van der Waals surface area contributed by atoms with E-state index in [4.69, 9.17) is 5.21 Å². The highest BCUT2D eigenvalue weighted by Crippen LogP contribution is 2.28. The summed E-state index contributed by atoms with van der Waals surface area (Å²) in [5, 5.41) is 11.8. The number of halogens is 3. The van der Waals surface area contributed by atoms with Crippen LogP contribution in [0.3, 0.4) is 0 Å². The fraction of sp³-hybridized carbons (Fsp3) is 0.556. The van der Waals surface area contributed by atoms with Crippen molar-refractivity contribution in [3.63, 3.8) is 0 Å². The first-order valence-corrected chi connectivity index (χ1v) is 4.50. The molecule has 0 bridgehead atoms. The Morgan fingerprint density at radius 2 is 1.94 bits per heavy atom. The van der Waals surface area contributed by atoms with E-state index in [0.717, 1.165) is 17.1 Å². The van der Waals surface area contributed by atoms with Gasteiger partial charge in [0.05, 0.1) is 0 Å². The lowest BCUT2D eigenvalue weighted by Gasteiger charge is -2.19. The highest BCUT2D eigenvalue weighted by Gasteiger charge is 2.34. The second-order valence-corrected chi connectivity index (χ2v) is 4.34. The van der Waals surface area contributed by atoms with Gasteiger partial charge < -0.3 is 5.21 Å². The first kappa shape index (κ1) is 12.5. The minimum Gasteiger partial charge on any atom is -0.409 e. The molecule has 7 heteroatoms. The van der Waals surface area contributed by atoms with Crippen LogP contribution in [0.1, 0.15) is 26.5 Å². The van der Waals surface area contributed by atoms with Gasteiger partial charge in [0.1, 0.15) is 6.33 Å². The third kappa shape index (κ3) is 2.53. The van der Waals surface area contributed by atoms with Gasteiger partial charge in [-0.3, -0.25) is 4.57 Å². The van der Waals surface area contributed by atoms with Gasteiger partial charge in [-0.1, -0.05) is 25.9 Å². The van der Waals surface area contributed by atoms with Gasteiger partial charge in [0.25, 0.3) is 0 Å². The Balaban J connectivity index is 3.12. The highest BCUT2D eigenvalue weighted by atomic mass is 19.4. The molecule has 0 fully saturated rings. The molecule has 4 nitrogen and oxygen atoms in total. The number of aromatic nitrogens is 2. The van der Waals surface area contributed by atoms with E-state index in [2.05, 4.69) is 10.1 Å². The Kier molecular flexibility index (Phi) is 2.98. The van der Waals surface area contributed by atoms with Gasteiger partial charge in [0.15, 0.2) is 11.5 Å². The quantitative estimate of drug-likeness (QED) is 0.325. The zero-order valence-electron chi connectivity index (χ0n) is 9.08. The van der Waals surface area contributed by atoms with E-state index < -0.39 is 17.3 Å². The van der Waals surface area contributed by atoms with Gasteiger partial charge in [-0.25, -0.2) is 4.98 Å². The van der Waals surface area contributed by atoms with Crippen molar-refractivity contribution in [2.24, 2.45) is 10.6 Å². The van der Waals surface area contributed by atoms with Crippen LogP contribution in [0.15, 0.2) is 17.7 Å². The average Bonchev–Trinajstić information content (AvgIpc) is 2.50. The van der Waals surface area contributed by atoms with Crippen LogP contribution < -0.4 is 0 Å². The number of oxime groups is 1. The van der Waals surface area contributed by atoms with E-state index >= 15 is 0 Å². The molecule has 1 aromatic rings. The molecule has 0 spiro atoms. The minimum absolute atomic E-state index is 0.0931. The molecule has 1 rings (SSSR count). The van der Waals surface area contributed by atoms with Crippen LogP contribution >= 0.6 is 0 Å². The summed E-state index contributed by atoms with van der Waals surface area (Å²) in [4.78, 5) is 3.22. The summed E-state index contributed by atoms with van der Waals surface area (Å²) in [6, 6.07) is 0. The van der Waals surface area contributed by atoms with E-state index in [1.54, 1.807) is 20.8 Å². The second-order valence-electron chi connectivity index (χ2n) is 4.34. The molecule has 1 aromatic heterocycles. The molecule has 90 valence electrons. The normalized spacial score (nSPS) is 14.2. The maximum atomic E-state index is 12.3. The first-order valence-electron chi connectivity index (χ1n) is 4.50. The van der Waals surface area contributed by atoms with Gasteiger partial charge >= 0.3 is 6.18 Å². The molecule has 16 heavy (non-hydrogen) atoms. The van der Waals surface area contributed by atoms with E-state index in [1.807, 2.05) is 0 Å². The number of hydrogen-bond acceptors (Lipinski definition) is 3. The molecule has 0 atom stereocenters. The zero-order valence-corrected chi connectivity index (χ0v) is 9.08. The molecule has 1 N–H and O–H groups in total. The van der Waals surface area contributed by atoms with Crippen molar-refractivity contribution in [3.05, 3.63) is 18.2 Å². The summed E-state index contributed by atoms with van der Waals surface area (Å²) in [5.41, 5.74) is -1.60. The van der Waals surface area contributed by atoms with E-state index in [9.17, 15) is 13.2 Å². The van der Waals surface area contributed by atoms with Crippen LogP contribution in [-0.4, -0.2) is 20.6 Å². The second kappa shape index (κ2) is 3.80. The lowest BCUT2D eigenvalue weighted by Crippen LogP contribution is -2.27. The van der Waals surface area contributed by atoms with Gasteiger partial charge in [-0.15, -0.1) is 0 Å². The zero-order chi connectivity index (χ0) is 12.6. The van der Waals surface area contributed by atoms with Gasteiger partial charge in [0.2, 0.25) is 0 Å². The van der Waals surface area contributed by atoms with Crippen LogP contribution in [-0.2, 0) is 6.18 Å². The van der Waals surface area contributed by atoms with Gasteiger partial charge in [-0.2, -0.15) is 13.2 Å². The summed E-state index contributed by atoms with van der Waals surface area (Å²) in [7, 11) is 0. The van der Waals surface area contributed by atoms with Crippen LogP contribution in [0.5, 0.6) is 0 Å². The van der Waals surface area contributed by atoms with Crippen molar-refractivity contribution in [2.75, 3.05) is 0 Å². The molecule has 0 aliphatic heterocycles. The summed E-state index contributed by atoms with van der Waals surface area (Å²) in [6.07, 6.45) is -2.73. The fourth-order valence-electron chi connectivity index (χ4n) is 1.17. The average molecular weight is 235 g/mol. The first-order chi connectivity index (χ1) is 7.16. The molecule has 1 heterocycles. The fourth-order valence-corrected chi connectivity index (χ4v) is 1.17. The van der Waals surface area contributed by atoms with Crippen molar-refractivity contribution in [2.45, 2.75) is 26.9 Å². The minimum atomic E-state index is -4.50. The SMILES string of the molecule is CC(C)(C)/C(=N/O)n1cnc(C(F)(F)F)c1. The predicted molar refractivity (Wildman–Crippen MR) is 51.3 cm³/mol. The molecule has 0 amide bonds. The highest BCUT2D eigenvalue weighted by molar-refractivity contribution is 5.88. The molecule has 0 saturated heterocycles. The molecular formula is C9H12F3N3O. The smallest absolute Gasteiger partial charge is 0.409 e. The van der Waals surface area contributed by atoms with Crippen molar-refractivity contribution < 1.29 is 18.4 Å². The Bertz CT molecular complexity index is 401. The predicted octanol–water partition coefficient (Wildman–Crippen LogP) is 2.58. The lowest BCUT2D eigenvalue weighted by molar-refractivity contribution is -0.140. The Hall–Kier alpha value is -1.53. The molecule has 0 radical (unpaired) electrons. The maximum absolute atomic E-state index is 12.3. The van der Waals surface area contributed by atoms with Crippen molar-refractivity contribution in [3.8, 4) is 0 Å². The monoisotopic (exact) mass is 235 g/mol. The summed E-state index contributed by atoms with van der Waals surface area (Å²) in [5.74, 6) is 0.0931. The van der Waals surface area contributed by atoms with E-state index in [1.165, 1.54) is 0 Å². The third-order valence-electron chi connectivity index (χ3n) is 1.88. The van der Waals surface area contributed by atoms with E-state index in [0.29, 0.717) is 0 Å². The van der Waals surface area contributed by atoms with Crippen LogP contribution in [0.4, 0.5) is 13.2 Å². The summed E-state index contributed by atoms with van der Waals surface area (Å²) in [6.45, 7) is 5.15. The lowest BCUT2D eigenvalue weighted by atomic mass is 9.95. The largest absolute Gasteiger partial charge is 0.434 e. The number of rotatable bonds is 0. The molecule has 0 unspecified atom stereocenters. The van der Waals surface area contributed by atoms with Crippen molar-refractivity contribution in [1.29, 1.82) is 0 Å². The van der Waals surface area contributed by atoms with Gasteiger partial charge in [-0.05, 0) is 0 Å². The Morgan fingerprint density at radius 1 is 1.38 bits per heavy atom. The maximum Gasteiger partial charge on any atom is 0.434 e. The number of imidazole rings is 1. The summed E-state index contributed by atoms with van der Waals surface area (Å²) >= 11 is 0. The standard InChI is InChI=1S/C9H12F3N3O/c1-8(2,3)7(14-16)15-4-6(13-5-15)9(10,11)12/h4-5,16H,1-3H3/b14-7-. The van der Waals surface area contributed by atoms with Gasteiger partial charge in [0, 0.05) is 11.6 Å². The molecule has 0 aliphatic rings. The molecule has 0 saturated carbocycles. The Morgan fingerprint density at radius 3 is 2.25 bits per heavy atom. The number of nitrogens with zero attached hydrogens (tertiary/aromatic N) is 3. The molecular weight excluding hydrogens is 223 g/mol. The topological polar surface area (TPSA) is 50.4 Å². The van der Waals surface area contributed by atoms with Crippen LogP contribution in [0.25, 0.3) is 0 Å². The molecule has 0 aliphatic carbocycles. The molecule has 0 aromatic carbocycles.